The van der Waals surface area contributed by atoms with Crippen molar-refractivity contribution in [2.24, 2.45) is 4.99 Å². The second kappa shape index (κ2) is 13.0. The van der Waals surface area contributed by atoms with Crippen molar-refractivity contribution in [2.45, 2.75) is 33.4 Å². The monoisotopic (exact) mass is 549 g/mol. The number of nitrogens with one attached hydrogen (secondary N) is 3. The Labute approximate surface area is 207 Å². The molecular weight excluding hydrogens is 517 g/mol. The van der Waals surface area contributed by atoms with E-state index in [-0.39, 0.29) is 42.3 Å². The molecule has 8 heteroatoms. The van der Waals surface area contributed by atoms with Gasteiger partial charge in [0.05, 0.1) is 13.1 Å². The molecule has 0 radical (unpaired) electrons. The van der Waals surface area contributed by atoms with Crippen LogP contribution < -0.4 is 16.0 Å². The van der Waals surface area contributed by atoms with Crippen LogP contribution >= 0.6 is 24.0 Å². The van der Waals surface area contributed by atoms with E-state index in [1.807, 2.05) is 19.1 Å². The molecule has 0 aromatic heterocycles. The second-order valence-electron chi connectivity index (χ2n) is 7.44. The summed E-state index contributed by atoms with van der Waals surface area (Å²) in [6.45, 7) is 7.35. The smallest absolute Gasteiger partial charge is 0.254 e. The van der Waals surface area contributed by atoms with E-state index in [1.165, 1.54) is 11.1 Å². The normalized spacial score (nSPS) is 13.8. The first-order chi connectivity index (χ1) is 15.1. The number of rotatable bonds is 7. The third kappa shape index (κ3) is 7.22. The maximum atomic E-state index is 12.6. The van der Waals surface area contributed by atoms with E-state index < -0.39 is 0 Å². The number of carbonyl (C=O) groups excluding carboxylic acids is 2. The van der Waals surface area contributed by atoms with Crippen LogP contribution in [0.2, 0.25) is 0 Å². The van der Waals surface area contributed by atoms with Gasteiger partial charge in [-0.2, -0.15) is 0 Å². The minimum Gasteiger partial charge on any atom is -0.357 e. The Morgan fingerprint density at radius 3 is 2.44 bits per heavy atom. The van der Waals surface area contributed by atoms with E-state index in [9.17, 15) is 9.59 Å². The van der Waals surface area contributed by atoms with Crippen molar-refractivity contribution in [1.82, 2.24) is 20.9 Å². The Bertz CT molecular complexity index is 930. The summed E-state index contributed by atoms with van der Waals surface area (Å²) in [5, 5.41) is 9.41. The van der Waals surface area contributed by atoms with E-state index in [0.717, 1.165) is 24.5 Å². The van der Waals surface area contributed by atoms with Gasteiger partial charge >= 0.3 is 0 Å². The number of piperazine rings is 1. The number of carbonyl (C=O) groups is 2. The largest absolute Gasteiger partial charge is 0.357 e. The number of aliphatic imine (C=N–C) groups is 1. The number of hydrogen-bond donors (Lipinski definition) is 3. The molecule has 1 saturated heterocycles. The molecule has 0 saturated carbocycles. The van der Waals surface area contributed by atoms with Gasteiger partial charge in [-0.05, 0) is 42.2 Å². The molecule has 0 unspecified atom stereocenters. The number of hydrogen-bond acceptors (Lipinski definition) is 3. The van der Waals surface area contributed by atoms with Crippen molar-refractivity contribution < 1.29 is 9.59 Å². The van der Waals surface area contributed by atoms with Crippen LogP contribution in [0.4, 0.5) is 0 Å². The highest BCUT2D eigenvalue weighted by molar-refractivity contribution is 14.0. The Hall–Kier alpha value is -2.62. The van der Waals surface area contributed by atoms with E-state index >= 15 is 0 Å². The third-order valence-corrected chi connectivity index (χ3v) is 5.24. The van der Waals surface area contributed by atoms with Crippen molar-refractivity contribution in [1.29, 1.82) is 0 Å². The minimum atomic E-state index is -0.116. The Morgan fingerprint density at radius 1 is 1.06 bits per heavy atom. The molecule has 1 aliphatic rings. The fourth-order valence-corrected chi connectivity index (χ4v) is 3.51. The van der Waals surface area contributed by atoms with Gasteiger partial charge in [0.1, 0.15) is 0 Å². The van der Waals surface area contributed by atoms with E-state index in [1.54, 1.807) is 17.0 Å². The lowest BCUT2D eigenvalue weighted by Gasteiger charge is -2.26. The number of nitrogens with zero attached hydrogens (tertiary/aromatic N) is 2. The lowest BCUT2D eigenvalue weighted by Crippen LogP contribution is -2.49. The maximum Gasteiger partial charge on any atom is 0.254 e. The molecule has 0 bridgehead atoms. The SMILES string of the molecule is CCNC(=NCc1ccc(C(=O)N2CCNC(=O)C2)cc1)NCc1ccccc1CC.I. The zero-order chi connectivity index (χ0) is 22.1. The lowest BCUT2D eigenvalue weighted by atomic mass is 10.1. The molecule has 1 aliphatic heterocycles. The first-order valence-corrected chi connectivity index (χ1v) is 10.8. The fraction of sp³-hybridized carbons (Fsp3) is 0.375. The fourth-order valence-electron chi connectivity index (χ4n) is 3.51. The van der Waals surface area contributed by atoms with Crippen molar-refractivity contribution >= 4 is 41.8 Å². The molecule has 1 heterocycles. The summed E-state index contributed by atoms with van der Waals surface area (Å²) in [5.41, 5.74) is 4.20. The number of aryl methyl sites for hydroxylation is 1. The second-order valence-corrected chi connectivity index (χ2v) is 7.44. The van der Waals surface area contributed by atoms with Gasteiger partial charge in [-0.3, -0.25) is 9.59 Å². The Balaban J connectivity index is 0.00000363. The molecule has 2 aromatic rings. The summed E-state index contributed by atoms with van der Waals surface area (Å²) in [5.74, 6) is 0.526. The lowest BCUT2D eigenvalue weighted by molar-refractivity contribution is -0.123. The molecule has 3 rings (SSSR count). The van der Waals surface area contributed by atoms with Crippen LogP contribution in [0.1, 0.15) is 40.9 Å². The van der Waals surface area contributed by atoms with Crippen molar-refractivity contribution in [3.63, 3.8) is 0 Å². The number of benzene rings is 2. The molecule has 1 fully saturated rings. The molecule has 0 aliphatic carbocycles. The number of halogens is 1. The quantitative estimate of drug-likeness (QED) is 0.282. The number of guanidine groups is 1. The Kier molecular flexibility index (Phi) is 10.5. The average Bonchev–Trinajstić information content (AvgIpc) is 2.81. The van der Waals surface area contributed by atoms with E-state index in [2.05, 4.69) is 52.1 Å². The highest BCUT2D eigenvalue weighted by Gasteiger charge is 2.22. The van der Waals surface area contributed by atoms with Gasteiger partial charge in [-0.1, -0.05) is 43.3 Å². The standard InChI is InChI=1S/C24H31N5O2.HI/c1-3-19-7-5-6-8-21(19)16-28-24(25-4-2)27-15-18-9-11-20(12-10-18)23(31)29-14-13-26-22(30)17-29;/h5-12H,3-4,13-17H2,1-2H3,(H,26,30)(H2,25,27,28);1H. The van der Waals surface area contributed by atoms with E-state index in [4.69, 9.17) is 0 Å². The highest BCUT2D eigenvalue weighted by Crippen LogP contribution is 2.11. The summed E-state index contributed by atoms with van der Waals surface area (Å²) < 4.78 is 0. The topological polar surface area (TPSA) is 85.8 Å². The molecule has 0 spiro atoms. The first-order valence-electron chi connectivity index (χ1n) is 10.8. The van der Waals surface area contributed by atoms with Gasteiger partial charge in [0, 0.05) is 31.7 Å². The molecule has 172 valence electrons. The summed E-state index contributed by atoms with van der Waals surface area (Å²) in [4.78, 5) is 30.3. The van der Waals surface area contributed by atoms with Gasteiger partial charge in [0.25, 0.3) is 5.91 Å². The summed E-state index contributed by atoms with van der Waals surface area (Å²) in [6.07, 6.45) is 0.999. The van der Waals surface area contributed by atoms with Gasteiger partial charge in [-0.15, -0.1) is 24.0 Å². The van der Waals surface area contributed by atoms with Crippen LogP contribution in [0.15, 0.2) is 53.5 Å². The highest BCUT2D eigenvalue weighted by atomic mass is 127. The van der Waals surface area contributed by atoms with Gasteiger partial charge < -0.3 is 20.9 Å². The summed E-state index contributed by atoms with van der Waals surface area (Å²) >= 11 is 0. The molecule has 7 nitrogen and oxygen atoms in total. The van der Waals surface area contributed by atoms with Crippen LogP contribution in [-0.2, 0) is 24.3 Å². The maximum absolute atomic E-state index is 12.6. The zero-order valence-electron chi connectivity index (χ0n) is 18.7. The van der Waals surface area contributed by atoms with E-state index in [0.29, 0.717) is 31.7 Å². The third-order valence-electron chi connectivity index (χ3n) is 5.24. The predicted molar refractivity (Wildman–Crippen MR) is 138 cm³/mol. The molecule has 2 aromatic carbocycles. The number of amides is 2. The van der Waals surface area contributed by atoms with Crippen LogP contribution in [0, 0.1) is 0 Å². The van der Waals surface area contributed by atoms with Crippen LogP contribution in [0.3, 0.4) is 0 Å². The molecular formula is C24H32IN5O2. The summed E-state index contributed by atoms with van der Waals surface area (Å²) in [7, 11) is 0. The predicted octanol–water partition coefficient (Wildman–Crippen LogP) is 2.69. The van der Waals surface area contributed by atoms with Crippen LogP contribution in [0.25, 0.3) is 0 Å². The molecule has 0 atom stereocenters. The average molecular weight is 549 g/mol. The van der Waals surface area contributed by atoms with Crippen molar-refractivity contribution in [3.05, 3.63) is 70.8 Å². The zero-order valence-corrected chi connectivity index (χ0v) is 21.0. The van der Waals surface area contributed by atoms with Gasteiger partial charge in [0.15, 0.2) is 5.96 Å². The van der Waals surface area contributed by atoms with Crippen LogP contribution in [-0.4, -0.2) is 48.9 Å². The molecule has 32 heavy (non-hydrogen) atoms. The minimum absolute atomic E-state index is 0. The molecule has 2 amide bonds. The van der Waals surface area contributed by atoms with Crippen molar-refractivity contribution in [3.8, 4) is 0 Å². The molecule has 3 N–H and O–H groups in total. The van der Waals surface area contributed by atoms with Crippen LogP contribution in [0.5, 0.6) is 0 Å². The van der Waals surface area contributed by atoms with Crippen molar-refractivity contribution in [2.75, 3.05) is 26.2 Å². The van der Waals surface area contributed by atoms with Gasteiger partial charge in [0.2, 0.25) is 5.91 Å². The summed E-state index contributed by atoms with van der Waals surface area (Å²) in [6, 6.07) is 15.8. The van der Waals surface area contributed by atoms with Gasteiger partial charge in [-0.25, -0.2) is 4.99 Å². The first kappa shape index (κ1) is 25.6. The Morgan fingerprint density at radius 2 is 1.78 bits per heavy atom.